The summed E-state index contributed by atoms with van der Waals surface area (Å²) in [5.41, 5.74) is 2.28. The highest BCUT2D eigenvalue weighted by molar-refractivity contribution is 6.31. The van der Waals surface area contributed by atoms with Gasteiger partial charge in [0.2, 0.25) is 18.6 Å². The first-order valence-corrected chi connectivity index (χ1v) is 8.66. The van der Waals surface area contributed by atoms with Gasteiger partial charge in [-0.15, -0.1) is 0 Å². The zero-order valence-electron chi connectivity index (χ0n) is 14.1. The lowest BCUT2D eigenvalue weighted by Gasteiger charge is -2.17. The molecule has 2 aliphatic heterocycles. The molecule has 2 aromatic rings. The van der Waals surface area contributed by atoms with Crippen LogP contribution in [0.4, 0.5) is 11.4 Å². The van der Waals surface area contributed by atoms with E-state index in [4.69, 9.17) is 21.1 Å². The minimum atomic E-state index is -0.425. The maximum Gasteiger partial charge on any atom is 0.231 e. The van der Waals surface area contributed by atoms with Crippen LogP contribution in [0.25, 0.3) is 0 Å². The van der Waals surface area contributed by atoms with E-state index < -0.39 is 5.92 Å². The van der Waals surface area contributed by atoms with Crippen LogP contribution in [0.1, 0.15) is 12.0 Å². The van der Waals surface area contributed by atoms with Crippen LogP contribution in [-0.4, -0.2) is 25.2 Å². The summed E-state index contributed by atoms with van der Waals surface area (Å²) in [5.74, 6) is 0.564. The largest absolute Gasteiger partial charge is 0.454 e. The Bertz CT molecular complexity index is 899. The summed E-state index contributed by atoms with van der Waals surface area (Å²) in [4.78, 5) is 26.6. The summed E-state index contributed by atoms with van der Waals surface area (Å²) in [7, 11) is 0. The zero-order valence-corrected chi connectivity index (χ0v) is 14.9. The first-order valence-electron chi connectivity index (χ1n) is 8.28. The number of fused-ring (bicyclic) bond motifs is 1. The van der Waals surface area contributed by atoms with Crippen LogP contribution in [0.2, 0.25) is 5.02 Å². The van der Waals surface area contributed by atoms with Gasteiger partial charge < -0.3 is 19.7 Å². The van der Waals surface area contributed by atoms with E-state index in [0.717, 1.165) is 5.56 Å². The van der Waals surface area contributed by atoms with Crippen molar-refractivity contribution in [1.29, 1.82) is 0 Å². The van der Waals surface area contributed by atoms with Crippen molar-refractivity contribution >= 4 is 34.8 Å². The number of nitrogens with one attached hydrogen (secondary N) is 1. The molecule has 1 N–H and O–H groups in total. The maximum absolute atomic E-state index is 12.6. The predicted molar refractivity (Wildman–Crippen MR) is 97.8 cm³/mol. The fourth-order valence-electron chi connectivity index (χ4n) is 3.15. The van der Waals surface area contributed by atoms with Gasteiger partial charge in [-0.1, -0.05) is 17.7 Å². The molecular formula is C19H17ClN2O4. The molecule has 2 aromatic carbocycles. The quantitative estimate of drug-likeness (QED) is 0.897. The molecule has 1 saturated heterocycles. The molecule has 1 atom stereocenters. The molecule has 2 heterocycles. The number of carbonyl (C=O) groups is 2. The van der Waals surface area contributed by atoms with Gasteiger partial charge in [0.15, 0.2) is 11.5 Å². The molecule has 0 aliphatic carbocycles. The number of halogens is 1. The van der Waals surface area contributed by atoms with Crippen molar-refractivity contribution in [2.24, 2.45) is 5.92 Å². The summed E-state index contributed by atoms with van der Waals surface area (Å²) in [6, 6.07) is 10.7. The van der Waals surface area contributed by atoms with Crippen LogP contribution >= 0.6 is 11.6 Å². The lowest BCUT2D eigenvalue weighted by atomic mass is 10.1. The van der Waals surface area contributed by atoms with Crippen LogP contribution in [0.15, 0.2) is 36.4 Å². The first-order chi connectivity index (χ1) is 12.5. The summed E-state index contributed by atoms with van der Waals surface area (Å²) < 4.78 is 10.6. The van der Waals surface area contributed by atoms with Crippen molar-refractivity contribution in [2.45, 2.75) is 13.3 Å². The molecule has 134 valence electrons. The van der Waals surface area contributed by atoms with Gasteiger partial charge in [0, 0.05) is 35.4 Å². The highest BCUT2D eigenvalue weighted by Crippen LogP contribution is 2.37. The molecule has 0 radical (unpaired) electrons. The fourth-order valence-corrected chi connectivity index (χ4v) is 3.32. The van der Waals surface area contributed by atoms with Crippen molar-refractivity contribution < 1.29 is 19.1 Å². The number of hydrogen-bond acceptors (Lipinski definition) is 4. The normalized spacial score (nSPS) is 18.3. The highest BCUT2D eigenvalue weighted by Gasteiger charge is 2.35. The van der Waals surface area contributed by atoms with Gasteiger partial charge in [-0.3, -0.25) is 9.59 Å². The van der Waals surface area contributed by atoms with E-state index in [0.29, 0.717) is 34.4 Å². The van der Waals surface area contributed by atoms with Crippen LogP contribution in [0.3, 0.4) is 0 Å². The van der Waals surface area contributed by atoms with Gasteiger partial charge in [-0.2, -0.15) is 0 Å². The van der Waals surface area contributed by atoms with E-state index in [1.165, 1.54) is 0 Å². The number of carbonyl (C=O) groups excluding carboxylic acids is 2. The number of nitrogens with zero attached hydrogens (tertiary/aromatic N) is 1. The highest BCUT2D eigenvalue weighted by atomic mass is 35.5. The third-order valence-electron chi connectivity index (χ3n) is 4.62. The monoisotopic (exact) mass is 372 g/mol. The molecule has 0 saturated carbocycles. The number of benzene rings is 2. The Labute approximate surface area is 155 Å². The average molecular weight is 373 g/mol. The smallest absolute Gasteiger partial charge is 0.231 e. The van der Waals surface area contributed by atoms with Crippen LogP contribution in [-0.2, 0) is 9.59 Å². The Kier molecular flexibility index (Phi) is 4.20. The van der Waals surface area contributed by atoms with E-state index in [1.54, 1.807) is 35.2 Å². The molecule has 26 heavy (non-hydrogen) atoms. The minimum absolute atomic E-state index is 0.0909. The van der Waals surface area contributed by atoms with Crippen LogP contribution in [0.5, 0.6) is 11.5 Å². The number of ether oxygens (including phenoxy) is 2. The molecule has 4 rings (SSSR count). The number of anilines is 2. The van der Waals surface area contributed by atoms with E-state index in [9.17, 15) is 9.59 Å². The molecule has 2 amide bonds. The Balaban J connectivity index is 1.49. The van der Waals surface area contributed by atoms with Crippen molar-refractivity contribution in [3.05, 3.63) is 47.0 Å². The van der Waals surface area contributed by atoms with Gasteiger partial charge >= 0.3 is 0 Å². The van der Waals surface area contributed by atoms with Gasteiger partial charge in [0.05, 0.1) is 5.92 Å². The molecule has 1 unspecified atom stereocenters. The summed E-state index contributed by atoms with van der Waals surface area (Å²) in [5, 5.41) is 3.43. The average Bonchev–Trinajstić information content (AvgIpc) is 3.23. The van der Waals surface area contributed by atoms with E-state index in [-0.39, 0.29) is 25.0 Å². The first kappa shape index (κ1) is 16.7. The van der Waals surface area contributed by atoms with Gasteiger partial charge in [0.25, 0.3) is 0 Å². The lowest BCUT2D eigenvalue weighted by molar-refractivity contribution is -0.122. The molecule has 7 heteroatoms. The van der Waals surface area contributed by atoms with Crippen molar-refractivity contribution in [3.8, 4) is 11.5 Å². The lowest BCUT2D eigenvalue weighted by Crippen LogP contribution is -2.28. The van der Waals surface area contributed by atoms with E-state index >= 15 is 0 Å². The Morgan fingerprint density at radius 2 is 2.00 bits per heavy atom. The van der Waals surface area contributed by atoms with E-state index in [2.05, 4.69) is 5.32 Å². The summed E-state index contributed by atoms with van der Waals surface area (Å²) >= 11 is 6.00. The fraction of sp³-hybridized carbons (Fsp3) is 0.263. The van der Waals surface area contributed by atoms with Crippen LogP contribution in [0, 0.1) is 12.8 Å². The van der Waals surface area contributed by atoms with Gasteiger partial charge in [0.1, 0.15) is 0 Å². The third-order valence-corrected chi connectivity index (χ3v) is 4.86. The van der Waals surface area contributed by atoms with Crippen molar-refractivity contribution in [3.63, 3.8) is 0 Å². The molecule has 1 fully saturated rings. The molecular weight excluding hydrogens is 356 g/mol. The second-order valence-electron chi connectivity index (χ2n) is 6.39. The minimum Gasteiger partial charge on any atom is -0.454 e. The molecule has 6 nitrogen and oxygen atoms in total. The standard InChI is InChI=1S/C19H17ClN2O4/c1-11-2-3-13(20)7-15(11)21-19(24)12-6-18(23)22(9-12)14-4-5-16-17(8-14)26-10-25-16/h2-5,7-8,12H,6,9-10H2,1H3,(H,21,24). The van der Waals surface area contributed by atoms with Crippen molar-refractivity contribution in [1.82, 2.24) is 0 Å². The Morgan fingerprint density at radius 3 is 2.85 bits per heavy atom. The summed E-state index contributed by atoms with van der Waals surface area (Å²) in [6.45, 7) is 2.39. The Morgan fingerprint density at radius 1 is 1.19 bits per heavy atom. The topological polar surface area (TPSA) is 67.9 Å². The summed E-state index contributed by atoms with van der Waals surface area (Å²) in [6.07, 6.45) is 0.167. The number of hydrogen-bond donors (Lipinski definition) is 1. The second kappa shape index (κ2) is 6.53. The van der Waals surface area contributed by atoms with Crippen LogP contribution < -0.4 is 19.7 Å². The second-order valence-corrected chi connectivity index (χ2v) is 6.83. The number of amides is 2. The number of rotatable bonds is 3. The number of aryl methyl sites for hydroxylation is 1. The molecule has 2 aliphatic rings. The molecule has 0 spiro atoms. The maximum atomic E-state index is 12.6. The SMILES string of the molecule is Cc1ccc(Cl)cc1NC(=O)C1CC(=O)N(c2ccc3c(c2)OCO3)C1. The Hall–Kier alpha value is -2.73. The van der Waals surface area contributed by atoms with Crippen molar-refractivity contribution in [2.75, 3.05) is 23.6 Å². The van der Waals surface area contributed by atoms with E-state index in [1.807, 2.05) is 13.0 Å². The van der Waals surface area contributed by atoms with Gasteiger partial charge in [-0.25, -0.2) is 0 Å². The molecule has 0 bridgehead atoms. The molecule has 0 aromatic heterocycles. The third kappa shape index (κ3) is 3.08. The van der Waals surface area contributed by atoms with Gasteiger partial charge in [-0.05, 0) is 36.8 Å². The predicted octanol–water partition coefficient (Wildman–Crippen LogP) is 3.37. The zero-order chi connectivity index (χ0) is 18.3.